The zero-order valence-electron chi connectivity index (χ0n) is 16.2. The topological polar surface area (TPSA) is 86.5 Å². The molecule has 1 aliphatic heterocycles. The number of rotatable bonds is 2. The Kier molecular flexibility index (Phi) is 4.98. The highest BCUT2D eigenvalue weighted by atomic mass is 16.6. The van der Waals surface area contributed by atoms with Crippen molar-refractivity contribution < 1.29 is 19.2 Å². The number of carbonyl (C=O) groups is 2. The molecule has 0 N–H and O–H groups in total. The van der Waals surface area contributed by atoms with Crippen molar-refractivity contribution in [1.82, 2.24) is 0 Å². The summed E-state index contributed by atoms with van der Waals surface area (Å²) < 4.78 is 6.04. The number of non-ortho nitro benzene ring substituents is 1. The van der Waals surface area contributed by atoms with E-state index in [-0.39, 0.29) is 11.5 Å². The summed E-state index contributed by atoms with van der Waals surface area (Å²) in [5.74, 6) is -0.363. The maximum Gasteiger partial charge on any atom is 0.320 e. The number of hydrogen-bond donors (Lipinski definition) is 0. The Labute approximate surface area is 164 Å². The van der Waals surface area contributed by atoms with Crippen molar-refractivity contribution in [2.24, 2.45) is 10.8 Å². The Morgan fingerprint density at radius 2 is 1.54 bits per heavy atom. The van der Waals surface area contributed by atoms with Crippen LogP contribution in [0.5, 0.6) is 0 Å². The average molecular weight is 385 g/mol. The highest BCUT2D eigenvalue weighted by Gasteiger charge is 2.63. The van der Waals surface area contributed by atoms with Gasteiger partial charge in [0, 0.05) is 17.7 Å². The molecule has 4 rings (SSSR count). The molecule has 1 aromatic carbocycles. The van der Waals surface area contributed by atoms with E-state index < -0.39 is 27.8 Å². The van der Waals surface area contributed by atoms with E-state index in [9.17, 15) is 19.7 Å². The zero-order chi connectivity index (χ0) is 19.8. The van der Waals surface area contributed by atoms with E-state index >= 15 is 0 Å². The fourth-order valence-electron chi connectivity index (χ4n) is 5.64. The van der Waals surface area contributed by atoms with Crippen LogP contribution in [-0.4, -0.2) is 16.7 Å². The average Bonchev–Trinajstić information content (AvgIpc) is 2.97. The number of nitro benzene ring substituents is 1. The monoisotopic (exact) mass is 385 g/mol. The second-order valence-electron chi connectivity index (χ2n) is 8.68. The third-order valence-electron chi connectivity index (χ3n) is 7.09. The van der Waals surface area contributed by atoms with Crippen LogP contribution in [0.2, 0.25) is 0 Å². The Hall–Kier alpha value is -2.24. The molecule has 28 heavy (non-hydrogen) atoms. The lowest BCUT2D eigenvalue weighted by Crippen LogP contribution is -2.57. The second-order valence-corrected chi connectivity index (χ2v) is 8.68. The predicted molar refractivity (Wildman–Crippen MR) is 103 cm³/mol. The molecule has 1 atom stereocenters. The highest BCUT2D eigenvalue weighted by molar-refractivity contribution is 6.09. The van der Waals surface area contributed by atoms with Gasteiger partial charge in [-0.3, -0.25) is 19.7 Å². The van der Waals surface area contributed by atoms with Crippen LogP contribution >= 0.6 is 0 Å². The summed E-state index contributed by atoms with van der Waals surface area (Å²) in [4.78, 5) is 37.9. The molecule has 0 bridgehead atoms. The smallest absolute Gasteiger partial charge is 0.320 e. The van der Waals surface area contributed by atoms with E-state index in [2.05, 4.69) is 0 Å². The van der Waals surface area contributed by atoms with Gasteiger partial charge in [-0.15, -0.1) is 0 Å². The van der Waals surface area contributed by atoms with Gasteiger partial charge in [0.25, 0.3) is 5.69 Å². The molecule has 2 aliphatic carbocycles. The Bertz CT molecular complexity index is 788. The first-order valence-electron chi connectivity index (χ1n) is 10.5. The molecule has 6 nitrogen and oxygen atoms in total. The molecule has 0 radical (unpaired) electrons. The first kappa shape index (κ1) is 19.1. The summed E-state index contributed by atoms with van der Waals surface area (Å²) in [5.41, 5.74) is -1.22. The fraction of sp³-hybridized carbons (Fsp3) is 0.636. The van der Waals surface area contributed by atoms with Gasteiger partial charge in [-0.1, -0.05) is 57.1 Å². The highest BCUT2D eigenvalue weighted by Crippen LogP contribution is 2.58. The van der Waals surface area contributed by atoms with Crippen molar-refractivity contribution >= 4 is 17.4 Å². The summed E-state index contributed by atoms with van der Waals surface area (Å²) in [6.07, 6.45) is 8.58. The Balaban J connectivity index is 1.81. The third-order valence-corrected chi connectivity index (χ3v) is 7.09. The number of nitrogens with zero attached hydrogens (tertiary/aromatic N) is 1. The van der Waals surface area contributed by atoms with Crippen LogP contribution < -0.4 is 0 Å². The number of ether oxygens (including phenoxy) is 1. The van der Waals surface area contributed by atoms with Crippen molar-refractivity contribution in [2.45, 2.75) is 76.7 Å². The number of esters is 1. The summed E-state index contributed by atoms with van der Waals surface area (Å²) in [7, 11) is 0. The molecule has 1 saturated heterocycles. The van der Waals surface area contributed by atoms with E-state index in [1.165, 1.54) is 12.1 Å². The van der Waals surface area contributed by atoms with Gasteiger partial charge in [0.2, 0.25) is 0 Å². The van der Waals surface area contributed by atoms with Crippen LogP contribution in [0.3, 0.4) is 0 Å². The zero-order valence-corrected chi connectivity index (χ0v) is 16.2. The lowest BCUT2D eigenvalue weighted by atomic mass is 9.56. The number of nitro groups is 1. The predicted octanol–water partition coefficient (Wildman–Crippen LogP) is 5.05. The Morgan fingerprint density at radius 3 is 2.18 bits per heavy atom. The first-order chi connectivity index (χ1) is 13.5. The van der Waals surface area contributed by atoms with Crippen LogP contribution in [0.1, 0.15) is 82.3 Å². The van der Waals surface area contributed by atoms with Crippen molar-refractivity contribution in [3.63, 3.8) is 0 Å². The number of carbonyl (C=O) groups excluding carboxylic acids is 2. The van der Waals surface area contributed by atoms with E-state index in [0.29, 0.717) is 31.2 Å². The van der Waals surface area contributed by atoms with Crippen LogP contribution in [-0.2, 0) is 14.3 Å². The molecule has 6 heteroatoms. The van der Waals surface area contributed by atoms with Gasteiger partial charge in [-0.2, -0.15) is 0 Å². The molecule has 150 valence electrons. The maximum atomic E-state index is 14.0. The molecule has 3 fully saturated rings. The normalized spacial score (nSPS) is 26.6. The number of Topliss-reactive ketones (excluding diaryl/α,β-unsaturated/α-hetero) is 1. The fourth-order valence-corrected chi connectivity index (χ4v) is 5.64. The molecule has 2 spiro atoms. The van der Waals surface area contributed by atoms with E-state index in [0.717, 1.165) is 44.9 Å². The van der Waals surface area contributed by atoms with Crippen LogP contribution in [0.4, 0.5) is 5.69 Å². The number of ketones is 1. The molecule has 0 amide bonds. The quantitative estimate of drug-likeness (QED) is 0.308. The van der Waals surface area contributed by atoms with Gasteiger partial charge in [0.05, 0.1) is 10.3 Å². The standard InChI is InChI=1S/C22H27NO5/c24-19-21(11-4-1-2-5-12-21)18(16-9-8-10-17(15-16)23(26)27)28-20(25)22(19)13-6-3-7-14-22/h8-10,15,18H,1-7,11-14H2. The maximum absolute atomic E-state index is 14.0. The lowest BCUT2D eigenvalue weighted by molar-refractivity contribution is -0.385. The van der Waals surface area contributed by atoms with Crippen molar-refractivity contribution in [1.29, 1.82) is 0 Å². The van der Waals surface area contributed by atoms with Gasteiger partial charge in [0.15, 0.2) is 5.78 Å². The molecular weight excluding hydrogens is 358 g/mol. The largest absolute Gasteiger partial charge is 0.456 e. The van der Waals surface area contributed by atoms with Crippen molar-refractivity contribution in [2.75, 3.05) is 0 Å². The van der Waals surface area contributed by atoms with E-state index in [1.807, 2.05) is 0 Å². The minimum atomic E-state index is -1.00. The van der Waals surface area contributed by atoms with Crippen LogP contribution in [0.15, 0.2) is 24.3 Å². The summed E-state index contributed by atoms with van der Waals surface area (Å²) in [6, 6.07) is 6.26. The summed E-state index contributed by atoms with van der Waals surface area (Å²) in [6.45, 7) is 0. The first-order valence-corrected chi connectivity index (χ1v) is 10.5. The number of hydrogen-bond acceptors (Lipinski definition) is 5. The minimum Gasteiger partial charge on any atom is -0.456 e. The number of cyclic esters (lactones) is 1. The third kappa shape index (κ3) is 2.93. The minimum absolute atomic E-state index is 0.0391. The van der Waals surface area contributed by atoms with Crippen molar-refractivity contribution in [3.8, 4) is 0 Å². The van der Waals surface area contributed by atoms with Crippen LogP contribution in [0, 0.1) is 20.9 Å². The van der Waals surface area contributed by atoms with Gasteiger partial charge >= 0.3 is 5.97 Å². The second kappa shape index (κ2) is 7.30. The van der Waals surface area contributed by atoms with E-state index in [1.54, 1.807) is 12.1 Å². The van der Waals surface area contributed by atoms with Crippen molar-refractivity contribution in [3.05, 3.63) is 39.9 Å². The van der Waals surface area contributed by atoms with Crippen LogP contribution in [0.25, 0.3) is 0 Å². The SMILES string of the molecule is O=C1OC(c2cccc([N+](=O)[O-])c2)C2(CCCCCC2)C(=O)C12CCCCC2. The van der Waals surface area contributed by atoms with Gasteiger partial charge in [-0.05, 0) is 25.7 Å². The number of benzene rings is 1. The molecule has 1 heterocycles. The molecule has 3 aliphatic rings. The van der Waals surface area contributed by atoms with E-state index in [4.69, 9.17) is 4.74 Å². The van der Waals surface area contributed by atoms with Gasteiger partial charge < -0.3 is 4.74 Å². The summed E-state index contributed by atoms with van der Waals surface area (Å²) in [5, 5.41) is 11.3. The molecule has 0 aromatic heterocycles. The lowest BCUT2D eigenvalue weighted by Gasteiger charge is -2.50. The summed E-state index contributed by atoms with van der Waals surface area (Å²) >= 11 is 0. The van der Waals surface area contributed by atoms with Gasteiger partial charge in [0.1, 0.15) is 11.5 Å². The molecule has 2 saturated carbocycles. The Morgan fingerprint density at radius 1 is 0.929 bits per heavy atom. The molecular formula is C22H27NO5. The molecule has 1 unspecified atom stereocenters. The molecule has 1 aromatic rings. The van der Waals surface area contributed by atoms with Gasteiger partial charge in [-0.25, -0.2) is 0 Å².